The van der Waals surface area contributed by atoms with Crippen LogP contribution in [0.5, 0.6) is 0 Å². The van der Waals surface area contributed by atoms with Crippen molar-refractivity contribution in [3.05, 3.63) is 65.1 Å². The van der Waals surface area contributed by atoms with Gasteiger partial charge in [-0.15, -0.1) is 5.10 Å². The molecule has 0 amide bonds. The quantitative estimate of drug-likeness (QED) is 0.565. The molecule has 1 saturated heterocycles. The Morgan fingerprint density at radius 3 is 2.62 bits per heavy atom. The molecule has 0 spiro atoms. The monoisotopic (exact) mass is 463 g/mol. The summed E-state index contributed by atoms with van der Waals surface area (Å²) in [5, 5.41) is 17.5. The lowest BCUT2D eigenvalue weighted by Gasteiger charge is -2.16. The summed E-state index contributed by atoms with van der Waals surface area (Å²) in [5.41, 5.74) is 1.06. The van der Waals surface area contributed by atoms with Gasteiger partial charge in [-0.2, -0.15) is 14.0 Å². The molecule has 0 aliphatic carbocycles. The number of sulfonamides is 1. The fourth-order valence-corrected chi connectivity index (χ4v) is 4.57. The van der Waals surface area contributed by atoms with Gasteiger partial charge in [0, 0.05) is 19.0 Å². The zero-order valence-electron chi connectivity index (χ0n) is 17.4. The Labute approximate surface area is 183 Å². The van der Waals surface area contributed by atoms with Crippen LogP contribution < -0.4 is 5.32 Å². The molecule has 1 fully saturated rings. The lowest BCUT2D eigenvalue weighted by atomic mass is 10.1. The Balaban J connectivity index is 1.64. The maximum atomic E-state index is 13.2. The molecule has 1 aliphatic rings. The van der Waals surface area contributed by atoms with Gasteiger partial charge < -0.3 is 14.8 Å². The van der Waals surface area contributed by atoms with Gasteiger partial charge in [0.05, 0.1) is 18.1 Å². The molecular weight excluding hydrogens is 441 g/mol. The topological polar surface area (TPSA) is 131 Å². The number of furan rings is 1. The van der Waals surface area contributed by atoms with E-state index in [-0.39, 0.29) is 37.1 Å². The average molecular weight is 463 g/mol. The van der Waals surface area contributed by atoms with Crippen LogP contribution in [0, 0.1) is 12.7 Å². The number of nitrogens with one attached hydrogen (secondary N) is 1. The summed E-state index contributed by atoms with van der Waals surface area (Å²) in [6.45, 7) is 1.90. The standard InChI is InChI=1S/C20H22FN5O5S/c1-12-16(7-8-31-12)19(28)26-20(22-10-13-3-5-15(21)6-4-13)23-18(24-26)14-9-17(27)25(11-14)32(2,29)30/h3-8,14,17,27H,9-11H2,1-2H3,(H,22,23,24). The number of aromatic nitrogens is 3. The first-order valence-electron chi connectivity index (χ1n) is 9.82. The predicted octanol–water partition coefficient (Wildman–Crippen LogP) is 1.69. The predicted molar refractivity (Wildman–Crippen MR) is 112 cm³/mol. The van der Waals surface area contributed by atoms with Crippen molar-refractivity contribution in [1.82, 2.24) is 19.1 Å². The lowest BCUT2D eigenvalue weighted by Crippen LogP contribution is -2.34. The van der Waals surface area contributed by atoms with Crippen molar-refractivity contribution < 1.29 is 27.1 Å². The maximum absolute atomic E-state index is 13.2. The highest BCUT2D eigenvalue weighted by Crippen LogP contribution is 2.31. The molecule has 170 valence electrons. The van der Waals surface area contributed by atoms with E-state index >= 15 is 0 Å². The number of anilines is 1. The number of rotatable bonds is 6. The van der Waals surface area contributed by atoms with Crippen LogP contribution in [0.15, 0.2) is 41.0 Å². The molecule has 4 rings (SSSR count). The number of benzene rings is 1. The third-order valence-electron chi connectivity index (χ3n) is 5.29. The largest absolute Gasteiger partial charge is 0.469 e. The number of hydrogen-bond donors (Lipinski definition) is 2. The smallest absolute Gasteiger partial charge is 0.284 e. The van der Waals surface area contributed by atoms with Crippen LogP contribution in [0.1, 0.15) is 39.8 Å². The van der Waals surface area contributed by atoms with E-state index in [1.54, 1.807) is 19.1 Å². The zero-order valence-corrected chi connectivity index (χ0v) is 18.2. The van der Waals surface area contributed by atoms with Crippen LogP contribution >= 0.6 is 0 Å². The van der Waals surface area contributed by atoms with Crippen LogP contribution in [0.4, 0.5) is 10.3 Å². The molecular formula is C20H22FN5O5S. The molecule has 2 unspecified atom stereocenters. The summed E-state index contributed by atoms with van der Waals surface area (Å²) in [4.78, 5) is 17.5. The van der Waals surface area contributed by atoms with E-state index in [4.69, 9.17) is 4.42 Å². The molecule has 0 radical (unpaired) electrons. The molecule has 1 aliphatic heterocycles. The van der Waals surface area contributed by atoms with E-state index in [1.165, 1.54) is 24.5 Å². The molecule has 3 aromatic rings. The second-order valence-electron chi connectivity index (χ2n) is 7.63. The number of carbonyl (C=O) groups is 1. The minimum absolute atomic E-state index is 0.000341. The first kappa shape index (κ1) is 22.1. The summed E-state index contributed by atoms with van der Waals surface area (Å²) in [6.07, 6.45) is 1.33. The molecule has 1 aromatic carbocycles. The fourth-order valence-electron chi connectivity index (χ4n) is 3.59. The third kappa shape index (κ3) is 4.42. The SMILES string of the molecule is Cc1occc1C(=O)n1nc(C2CC(O)N(S(C)(=O)=O)C2)nc1NCc1ccc(F)cc1. The molecule has 2 N–H and O–H groups in total. The van der Waals surface area contributed by atoms with Gasteiger partial charge in [-0.25, -0.2) is 12.8 Å². The summed E-state index contributed by atoms with van der Waals surface area (Å²) in [5.74, 6) is -0.551. The summed E-state index contributed by atoms with van der Waals surface area (Å²) < 4.78 is 44.2. The first-order valence-corrected chi connectivity index (χ1v) is 11.7. The van der Waals surface area contributed by atoms with Crippen LogP contribution in [0.2, 0.25) is 0 Å². The highest BCUT2D eigenvalue weighted by molar-refractivity contribution is 7.88. The van der Waals surface area contributed by atoms with E-state index in [1.807, 2.05) is 0 Å². The van der Waals surface area contributed by atoms with E-state index in [0.717, 1.165) is 20.8 Å². The number of nitrogens with zero attached hydrogens (tertiary/aromatic N) is 4. The Bertz CT molecular complexity index is 1240. The second-order valence-corrected chi connectivity index (χ2v) is 9.56. The van der Waals surface area contributed by atoms with Crippen molar-refractivity contribution in [2.75, 3.05) is 18.1 Å². The summed E-state index contributed by atoms with van der Waals surface area (Å²) in [6, 6.07) is 7.37. The number of aliphatic hydroxyl groups excluding tert-OH is 1. The normalized spacial score (nSPS) is 19.4. The van der Waals surface area contributed by atoms with Gasteiger partial charge >= 0.3 is 0 Å². The minimum Gasteiger partial charge on any atom is -0.469 e. The van der Waals surface area contributed by atoms with E-state index in [2.05, 4.69) is 15.4 Å². The fraction of sp³-hybridized carbons (Fsp3) is 0.350. The van der Waals surface area contributed by atoms with Crippen molar-refractivity contribution in [3.63, 3.8) is 0 Å². The number of hydrogen-bond acceptors (Lipinski definition) is 8. The molecule has 32 heavy (non-hydrogen) atoms. The molecule has 3 heterocycles. The number of aliphatic hydroxyl groups is 1. The molecule has 2 atom stereocenters. The van der Waals surface area contributed by atoms with Crippen molar-refractivity contribution in [3.8, 4) is 0 Å². The number of carbonyl (C=O) groups excluding carboxylic acids is 1. The van der Waals surface area contributed by atoms with Crippen LogP contribution in [-0.2, 0) is 16.6 Å². The highest BCUT2D eigenvalue weighted by atomic mass is 32.2. The van der Waals surface area contributed by atoms with Crippen LogP contribution in [-0.4, -0.2) is 57.5 Å². The van der Waals surface area contributed by atoms with Crippen molar-refractivity contribution in [2.24, 2.45) is 0 Å². The van der Waals surface area contributed by atoms with Crippen molar-refractivity contribution in [1.29, 1.82) is 0 Å². The van der Waals surface area contributed by atoms with Crippen LogP contribution in [0.25, 0.3) is 0 Å². The molecule has 2 aromatic heterocycles. The molecule has 10 nitrogen and oxygen atoms in total. The van der Waals surface area contributed by atoms with E-state index in [0.29, 0.717) is 11.3 Å². The van der Waals surface area contributed by atoms with Crippen molar-refractivity contribution in [2.45, 2.75) is 32.0 Å². The Kier molecular flexibility index (Phi) is 5.84. The van der Waals surface area contributed by atoms with Gasteiger partial charge in [-0.1, -0.05) is 12.1 Å². The highest BCUT2D eigenvalue weighted by Gasteiger charge is 2.39. The minimum atomic E-state index is -3.61. The third-order valence-corrected chi connectivity index (χ3v) is 6.53. The Hall–Kier alpha value is -3.09. The van der Waals surface area contributed by atoms with Crippen molar-refractivity contribution >= 4 is 21.9 Å². The Morgan fingerprint density at radius 1 is 1.31 bits per heavy atom. The second kappa shape index (κ2) is 8.45. The lowest BCUT2D eigenvalue weighted by molar-refractivity contribution is 0.0944. The molecule has 0 bridgehead atoms. The molecule has 0 saturated carbocycles. The molecule has 12 heteroatoms. The van der Waals surface area contributed by atoms with Gasteiger partial charge in [-0.05, 0) is 37.1 Å². The van der Waals surface area contributed by atoms with Gasteiger partial charge in [0.2, 0.25) is 16.0 Å². The average Bonchev–Trinajstić information content (AvgIpc) is 3.44. The first-order chi connectivity index (χ1) is 15.1. The van der Waals surface area contributed by atoms with Gasteiger partial charge in [0.1, 0.15) is 17.8 Å². The Morgan fingerprint density at radius 2 is 2.03 bits per heavy atom. The van der Waals surface area contributed by atoms with E-state index in [9.17, 15) is 22.7 Å². The zero-order chi connectivity index (χ0) is 23.0. The van der Waals surface area contributed by atoms with E-state index < -0.39 is 28.1 Å². The van der Waals surface area contributed by atoms with Gasteiger partial charge in [0.15, 0.2) is 5.82 Å². The van der Waals surface area contributed by atoms with Gasteiger partial charge in [0.25, 0.3) is 5.91 Å². The summed E-state index contributed by atoms with van der Waals surface area (Å²) in [7, 11) is -3.61. The maximum Gasteiger partial charge on any atom is 0.284 e. The number of aryl methyl sites for hydroxylation is 1. The summed E-state index contributed by atoms with van der Waals surface area (Å²) >= 11 is 0. The number of halogens is 1. The van der Waals surface area contributed by atoms with Crippen LogP contribution in [0.3, 0.4) is 0 Å². The van der Waals surface area contributed by atoms with Gasteiger partial charge in [-0.3, -0.25) is 4.79 Å².